The molecule has 236 valence electrons. The second-order valence-electron chi connectivity index (χ2n) is 13.7. The summed E-state index contributed by atoms with van der Waals surface area (Å²) in [4.78, 5) is 37.7. The largest absolute Gasteiger partial charge is 0.481 e. The van der Waals surface area contributed by atoms with E-state index in [1.807, 2.05) is 36.4 Å². The topological polar surface area (TPSA) is 88.4 Å². The minimum atomic E-state index is -0.959. The second kappa shape index (κ2) is 12.8. The zero-order valence-electron chi connectivity index (χ0n) is 26.9. The van der Waals surface area contributed by atoms with E-state index in [0.29, 0.717) is 22.7 Å². The van der Waals surface area contributed by atoms with Crippen LogP contribution in [0.1, 0.15) is 104 Å². The molecule has 1 aromatic heterocycles. The third-order valence-corrected chi connectivity index (χ3v) is 9.68. The number of amides is 1. The van der Waals surface area contributed by atoms with E-state index in [4.69, 9.17) is 16.7 Å². The fourth-order valence-electron chi connectivity index (χ4n) is 6.71. The predicted molar refractivity (Wildman–Crippen MR) is 181 cm³/mol. The van der Waals surface area contributed by atoms with E-state index in [0.717, 1.165) is 47.8 Å². The highest BCUT2D eigenvalue weighted by atomic mass is 35.5. The Kier molecular flexibility index (Phi) is 9.27. The van der Waals surface area contributed by atoms with Gasteiger partial charge in [0.05, 0.1) is 17.6 Å². The smallest absolute Gasteiger partial charge is 0.305 e. The molecule has 1 unspecified atom stereocenters. The molecule has 0 saturated carbocycles. The fourth-order valence-corrected chi connectivity index (χ4v) is 6.89. The van der Waals surface area contributed by atoms with Crippen LogP contribution in [0.15, 0.2) is 66.7 Å². The number of carbonyl (C=O) groups is 3. The Bertz CT molecular complexity index is 1750. The van der Waals surface area contributed by atoms with Gasteiger partial charge in [0.25, 0.3) is 5.91 Å². The summed E-state index contributed by atoms with van der Waals surface area (Å²) >= 11 is 6.42. The molecule has 4 aromatic rings. The minimum Gasteiger partial charge on any atom is -0.481 e. The van der Waals surface area contributed by atoms with E-state index in [9.17, 15) is 14.4 Å². The number of carboxylic acids is 1. The van der Waals surface area contributed by atoms with Crippen molar-refractivity contribution in [3.05, 3.63) is 99.7 Å². The zero-order valence-corrected chi connectivity index (χ0v) is 27.6. The quantitative estimate of drug-likeness (QED) is 0.163. The van der Waals surface area contributed by atoms with Crippen LogP contribution in [-0.4, -0.2) is 33.9 Å². The molecule has 0 aliphatic heterocycles. The minimum absolute atomic E-state index is 0.0291. The molecule has 1 atom stereocenters. The summed E-state index contributed by atoms with van der Waals surface area (Å²) in [5, 5.41) is 13.0. The van der Waals surface area contributed by atoms with E-state index < -0.39 is 5.97 Å². The number of fused-ring (bicyclic) bond motifs is 2. The van der Waals surface area contributed by atoms with Crippen LogP contribution < -0.4 is 5.32 Å². The summed E-state index contributed by atoms with van der Waals surface area (Å²) in [6.45, 7) is 11.4. The van der Waals surface area contributed by atoms with Gasteiger partial charge in [0.1, 0.15) is 0 Å². The van der Waals surface area contributed by atoms with Gasteiger partial charge in [-0.1, -0.05) is 70.8 Å². The molecule has 0 bridgehead atoms. The lowest BCUT2D eigenvalue weighted by atomic mass is 9.63. The Morgan fingerprint density at radius 3 is 2.27 bits per heavy atom. The Morgan fingerprint density at radius 1 is 0.911 bits per heavy atom. The molecular weight excluding hydrogens is 584 g/mol. The van der Waals surface area contributed by atoms with E-state index in [-0.39, 0.29) is 41.4 Å². The maximum Gasteiger partial charge on any atom is 0.305 e. The van der Waals surface area contributed by atoms with Crippen LogP contribution in [0.25, 0.3) is 16.6 Å². The maximum atomic E-state index is 14.5. The van der Waals surface area contributed by atoms with Gasteiger partial charge in [0, 0.05) is 34.1 Å². The van der Waals surface area contributed by atoms with Gasteiger partial charge in [-0.15, -0.1) is 0 Å². The van der Waals surface area contributed by atoms with Crippen molar-refractivity contribution in [1.82, 2.24) is 9.88 Å². The SMILES string of the molecule is CCCC(Cc1ccc(C(=O)NCCC(=O)O)cc1)C(=O)c1cc2cc(Cl)ccc2n1-c1ccc2c(c1)C(C)(C)CCC2(C)C. The van der Waals surface area contributed by atoms with Gasteiger partial charge in [-0.05, 0) is 102 Å². The molecule has 1 aliphatic rings. The Hall–Kier alpha value is -3.90. The number of carbonyl (C=O) groups excluding carboxylic acids is 2. The second-order valence-corrected chi connectivity index (χ2v) is 14.2. The number of ketones is 1. The number of carboxylic acid groups (broad SMARTS) is 1. The Labute approximate surface area is 270 Å². The summed E-state index contributed by atoms with van der Waals surface area (Å²) in [5.74, 6) is -1.45. The lowest BCUT2D eigenvalue weighted by Crippen LogP contribution is -2.34. The standard InChI is InChI=1S/C38H43ClN2O4/c1-6-7-26(20-24-8-10-25(11-9-24)36(45)40-19-16-34(42)43)35(44)33-22-27-21-28(39)12-15-32(27)41(33)29-13-14-30-31(23-29)38(4,5)18-17-37(30,2)3/h8-15,21-23,26H,6-7,16-20H2,1-5H3,(H,40,45)(H,42,43). The molecule has 1 aliphatic carbocycles. The van der Waals surface area contributed by atoms with Crippen LogP contribution in [0.2, 0.25) is 5.02 Å². The van der Waals surface area contributed by atoms with Crippen molar-refractivity contribution in [1.29, 1.82) is 0 Å². The van der Waals surface area contributed by atoms with Crippen molar-refractivity contribution in [2.45, 2.75) is 84.0 Å². The van der Waals surface area contributed by atoms with Gasteiger partial charge >= 0.3 is 5.97 Å². The van der Waals surface area contributed by atoms with E-state index >= 15 is 0 Å². The number of benzene rings is 3. The van der Waals surface area contributed by atoms with Crippen molar-refractivity contribution >= 4 is 40.2 Å². The van der Waals surface area contributed by atoms with Crippen LogP contribution in [0.4, 0.5) is 0 Å². The Morgan fingerprint density at radius 2 is 1.60 bits per heavy atom. The number of nitrogens with zero attached hydrogens (tertiary/aromatic N) is 1. The average Bonchev–Trinajstić information content (AvgIpc) is 3.37. The summed E-state index contributed by atoms with van der Waals surface area (Å²) in [5.41, 5.74) is 6.83. The first-order valence-corrected chi connectivity index (χ1v) is 16.3. The van der Waals surface area contributed by atoms with E-state index in [1.165, 1.54) is 11.1 Å². The van der Waals surface area contributed by atoms with Crippen LogP contribution in [0.5, 0.6) is 0 Å². The van der Waals surface area contributed by atoms with Crippen molar-refractivity contribution < 1.29 is 19.5 Å². The molecular formula is C38H43ClN2O4. The van der Waals surface area contributed by atoms with Gasteiger partial charge < -0.3 is 15.0 Å². The van der Waals surface area contributed by atoms with Gasteiger partial charge in [0.15, 0.2) is 5.78 Å². The molecule has 0 saturated heterocycles. The summed E-state index contributed by atoms with van der Waals surface area (Å²) < 4.78 is 2.11. The molecule has 0 spiro atoms. The van der Waals surface area contributed by atoms with Crippen molar-refractivity contribution in [3.8, 4) is 5.69 Å². The van der Waals surface area contributed by atoms with Crippen molar-refractivity contribution in [2.75, 3.05) is 6.54 Å². The number of Topliss-reactive ketones (excluding diaryl/α,β-unsaturated/α-hetero) is 1. The first kappa shape index (κ1) is 32.5. The first-order chi connectivity index (χ1) is 21.3. The number of hydrogen-bond donors (Lipinski definition) is 2. The maximum absolute atomic E-state index is 14.5. The Balaban J connectivity index is 1.50. The normalized spacial score (nSPS) is 15.8. The lowest BCUT2D eigenvalue weighted by Gasteiger charge is -2.42. The van der Waals surface area contributed by atoms with Gasteiger partial charge in [-0.3, -0.25) is 14.4 Å². The van der Waals surface area contributed by atoms with Crippen LogP contribution in [0, 0.1) is 5.92 Å². The summed E-state index contributed by atoms with van der Waals surface area (Å²) in [7, 11) is 0. The zero-order chi connectivity index (χ0) is 32.5. The van der Waals surface area contributed by atoms with Crippen LogP contribution in [-0.2, 0) is 22.0 Å². The highest BCUT2D eigenvalue weighted by Gasteiger charge is 2.37. The van der Waals surface area contributed by atoms with E-state index in [2.05, 4.69) is 62.7 Å². The molecule has 45 heavy (non-hydrogen) atoms. The monoisotopic (exact) mass is 626 g/mol. The van der Waals surface area contributed by atoms with Crippen LogP contribution >= 0.6 is 11.6 Å². The molecule has 5 rings (SSSR count). The third-order valence-electron chi connectivity index (χ3n) is 9.44. The molecule has 3 aromatic carbocycles. The van der Waals surface area contributed by atoms with Gasteiger partial charge in [-0.2, -0.15) is 0 Å². The summed E-state index contributed by atoms with van der Waals surface area (Å²) in [6.07, 6.45) is 4.23. The number of halogens is 1. The highest BCUT2D eigenvalue weighted by Crippen LogP contribution is 2.46. The molecule has 6 nitrogen and oxygen atoms in total. The molecule has 2 N–H and O–H groups in total. The van der Waals surface area contributed by atoms with Crippen molar-refractivity contribution in [2.24, 2.45) is 5.92 Å². The average molecular weight is 627 g/mol. The number of aliphatic carboxylic acids is 1. The number of nitrogens with one attached hydrogen (secondary N) is 1. The number of hydrogen-bond acceptors (Lipinski definition) is 3. The lowest BCUT2D eigenvalue weighted by molar-refractivity contribution is -0.136. The highest BCUT2D eigenvalue weighted by molar-refractivity contribution is 6.31. The molecule has 1 heterocycles. The molecule has 7 heteroatoms. The van der Waals surface area contributed by atoms with Crippen molar-refractivity contribution in [3.63, 3.8) is 0 Å². The first-order valence-electron chi connectivity index (χ1n) is 15.9. The molecule has 0 radical (unpaired) electrons. The van der Waals surface area contributed by atoms with Crippen LogP contribution in [0.3, 0.4) is 0 Å². The molecule has 1 amide bonds. The number of rotatable bonds is 11. The fraction of sp³-hybridized carbons (Fsp3) is 0.395. The van der Waals surface area contributed by atoms with Gasteiger partial charge in [-0.25, -0.2) is 0 Å². The third kappa shape index (κ3) is 6.86. The number of aromatic nitrogens is 1. The van der Waals surface area contributed by atoms with Gasteiger partial charge in [0.2, 0.25) is 0 Å². The summed E-state index contributed by atoms with van der Waals surface area (Å²) in [6, 6.07) is 21.7. The molecule has 0 fully saturated rings. The van der Waals surface area contributed by atoms with E-state index in [1.54, 1.807) is 12.1 Å². The predicted octanol–water partition coefficient (Wildman–Crippen LogP) is 8.68.